The van der Waals surface area contributed by atoms with Crippen molar-refractivity contribution in [3.05, 3.63) is 0 Å². The summed E-state index contributed by atoms with van der Waals surface area (Å²) in [5.74, 6) is -1.80. The van der Waals surface area contributed by atoms with Crippen LogP contribution in [0.5, 0.6) is 0 Å². The second kappa shape index (κ2) is 13.2. The van der Waals surface area contributed by atoms with Crippen molar-refractivity contribution in [2.75, 3.05) is 6.54 Å². The van der Waals surface area contributed by atoms with Gasteiger partial charge in [0.05, 0.1) is 0 Å². The lowest BCUT2D eigenvalue weighted by molar-refractivity contribution is -0.142. The molecule has 1 rings (SSSR count). The van der Waals surface area contributed by atoms with Gasteiger partial charge >= 0.3 is 12.1 Å². The molecule has 0 heterocycles. The summed E-state index contributed by atoms with van der Waals surface area (Å²) in [4.78, 5) is 48.3. The minimum absolute atomic E-state index is 0.0879. The Bertz CT molecular complexity index is 611. The summed E-state index contributed by atoms with van der Waals surface area (Å²) < 4.78 is 5.18. The van der Waals surface area contributed by atoms with E-state index >= 15 is 0 Å². The topological polar surface area (TPSA) is 134 Å². The lowest BCUT2D eigenvalue weighted by atomic mass is 10.0. The van der Waals surface area contributed by atoms with Crippen LogP contribution >= 0.6 is 0 Å². The number of ether oxygens (including phenoxy) is 1. The second-order valence-electron chi connectivity index (χ2n) is 9.16. The quantitative estimate of drug-likeness (QED) is 0.344. The van der Waals surface area contributed by atoms with Gasteiger partial charge in [-0.2, -0.15) is 0 Å². The highest BCUT2D eigenvalue weighted by Crippen LogP contribution is 2.25. The standard InChI is InChI=1S/C22H39N3O6/c1-5-10-17(20(28)29)25-19(27)16(24-18(26)15-11-6-7-12-15)13-8-9-14-23-21(30)31-22(2,3)4/h15-17H,5-14H2,1-4H3,(H,23,30)(H,24,26)(H,25,27)(H,28,29)/t16-,17-/m0/s1. The van der Waals surface area contributed by atoms with Crippen LogP contribution in [0.1, 0.15) is 85.5 Å². The van der Waals surface area contributed by atoms with Crippen LogP contribution in [-0.2, 0) is 19.1 Å². The van der Waals surface area contributed by atoms with E-state index in [0.29, 0.717) is 38.6 Å². The van der Waals surface area contributed by atoms with Crippen LogP contribution in [0.4, 0.5) is 4.79 Å². The maximum absolute atomic E-state index is 12.7. The Morgan fingerprint density at radius 3 is 2.19 bits per heavy atom. The zero-order valence-corrected chi connectivity index (χ0v) is 19.3. The second-order valence-corrected chi connectivity index (χ2v) is 9.16. The molecule has 0 aromatic carbocycles. The summed E-state index contributed by atoms with van der Waals surface area (Å²) in [6.45, 7) is 7.58. The molecule has 9 nitrogen and oxygen atoms in total. The van der Waals surface area contributed by atoms with Crippen molar-refractivity contribution in [2.45, 2.75) is 103 Å². The summed E-state index contributed by atoms with van der Waals surface area (Å²) in [5.41, 5.74) is -0.572. The number of carbonyl (C=O) groups is 4. The van der Waals surface area contributed by atoms with Crippen LogP contribution in [0.15, 0.2) is 0 Å². The molecule has 0 aromatic rings. The number of hydrogen-bond donors (Lipinski definition) is 4. The summed E-state index contributed by atoms with van der Waals surface area (Å²) in [5, 5.41) is 17.4. The van der Waals surface area contributed by atoms with Crippen LogP contribution < -0.4 is 16.0 Å². The summed E-state index contributed by atoms with van der Waals surface area (Å²) >= 11 is 0. The molecule has 0 unspecified atom stereocenters. The molecule has 4 N–H and O–H groups in total. The molecule has 2 atom stereocenters. The fraction of sp³-hybridized carbons (Fsp3) is 0.818. The lowest BCUT2D eigenvalue weighted by Crippen LogP contribution is -2.52. The van der Waals surface area contributed by atoms with Crippen molar-refractivity contribution >= 4 is 23.9 Å². The largest absolute Gasteiger partial charge is 0.480 e. The normalized spacial score (nSPS) is 16.3. The summed E-state index contributed by atoms with van der Waals surface area (Å²) in [6.07, 6.45) is 5.60. The number of hydrogen-bond acceptors (Lipinski definition) is 5. The van der Waals surface area contributed by atoms with E-state index < -0.39 is 35.7 Å². The number of aliphatic carboxylic acids is 1. The highest BCUT2D eigenvalue weighted by atomic mass is 16.6. The molecule has 1 saturated carbocycles. The molecule has 9 heteroatoms. The van der Waals surface area contributed by atoms with E-state index in [1.165, 1.54) is 0 Å². The van der Waals surface area contributed by atoms with Gasteiger partial charge in [-0.15, -0.1) is 0 Å². The van der Waals surface area contributed by atoms with E-state index in [-0.39, 0.29) is 11.8 Å². The maximum Gasteiger partial charge on any atom is 0.407 e. The number of amides is 3. The molecule has 3 amide bonds. The van der Waals surface area contributed by atoms with E-state index in [2.05, 4.69) is 16.0 Å². The highest BCUT2D eigenvalue weighted by Gasteiger charge is 2.29. The van der Waals surface area contributed by atoms with Crippen molar-refractivity contribution in [2.24, 2.45) is 5.92 Å². The van der Waals surface area contributed by atoms with Gasteiger partial charge in [-0.05, 0) is 59.3 Å². The molecule has 178 valence electrons. The first-order chi connectivity index (χ1) is 14.5. The SMILES string of the molecule is CCC[C@H](NC(=O)[C@H](CCCCNC(=O)OC(C)(C)C)NC(=O)C1CCCC1)C(=O)O. The van der Waals surface area contributed by atoms with E-state index in [4.69, 9.17) is 4.74 Å². The van der Waals surface area contributed by atoms with E-state index in [1.807, 2.05) is 6.92 Å². The van der Waals surface area contributed by atoms with Crippen LogP contribution in [0.2, 0.25) is 0 Å². The lowest BCUT2D eigenvalue weighted by Gasteiger charge is -2.23. The first-order valence-corrected chi connectivity index (χ1v) is 11.3. The van der Waals surface area contributed by atoms with Crippen molar-refractivity contribution in [1.29, 1.82) is 0 Å². The molecule has 31 heavy (non-hydrogen) atoms. The number of nitrogens with one attached hydrogen (secondary N) is 3. The first kappa shape index (κ1) is 26.7. The predicted molar refractivity (Wildman–Crippen MR) is 116 cm³/mol. The van der Waals surface area contributed by atoms with Crippen molar-refractivity contribution in [1.82, 2.24) is 16.0 Å². The summed E-state index contributed by atoms with van der Waals surface area (Å²) in [6, 6.07) is -1.77. The Morgan fingerprint density at radius 1 is 1.00 bits per heavy atom. The third kappa shape index (κ3) is 11.0. The molecular formula is C22H39N3O6. The smallest absolute Gasteiger partial charge is 0.407 e. The molecular weight excluding hydrogens is 402 g/mol. The molecule has 1 fully saturated rings. The molecule has 0 aromatic heterocycles. The predicted octanol–water partition coefficient (Wildman–Crippen LogP) is 2.73. The molecule has 0 aliphatic heterocycles. The van der Waals surface area contributed by atoms with E-state index in [0.717, 1.165) is 25.7 Å². The molecule has 1 aliphatic carbocycles. The van der Waals surface area contributed by atoms with Crippen molar-refractivity contribution in [3.8, 4) is 0 Å². The average molecular weight is 442 g/mol. The van der Waals surface area contributed by atoms with Crippen molar-refractivity contribution in [3.63, 3.8) is 0 Å². The van der Waals surface area contributed by atoms with Crippen LogP contribution in [-0.4, -0.2) is 53.2 Å². The van der Waals surface area contributed by atoms with Gasteiger partial charge in [0.25, 0.3) is 0 Å². The average Bonchev–Trinajstić information content (AvgIpc) is 3.19. The molecule has 1 aliphatic rings. The fourth-order valence-corrected chi connectivity index (χ4v) is 3.54. The number of rotatable bonds is 12. The minimum Gasteiger partial charge on any atom is -0.480 e. The number of carbonyl (C=O) groups excluding carboxylic acids is 3. The van der Waals surface area contributed by atoms with Gasteiger partial charge in [0.1, 0.15) is 17.7 Å². The third-order valence-electron chi connectivity index (χ3n) is 5.14. The van der Waals surface area contributed by atoms with Gasteiger partial charge < -0.3 is 25.8 Å². The van der Waals surface area contributed by atoms with Gasteiger partial charge in [-0.1, -0.05) is 26.2 Å². The Morgan fingerprint density at radius 2 is 1.65 bits per heavy atom. The number of carboxylic acid groups (broad SMARTS) is 1. The Balaban J connectivity index is 2.59. The summed E-state index contributed by atoms with van der Waals surface area (Å²) in [7, 11) is 0. The van der Waals surface area contributed by atoms with Crippen LogP contribution in [0, 0.1) is 5.92 Å². The molecule has 0 radical (unpaired) electrons. The molecule has 0 spiro atoms. The monoisotopic (exact) mass is 441 g/mol. The molecule has 0 bridgehead atoms. The molecule has 0 saturated heterocycles. The first-order valence-electron chi connectivity index (χ1n) is 11.3. The van der Waals surface area contributed by atoms with E-state index in [1.54, 1.807) is 20.8 Å². The van der Waals surface area contributed by atoms with Crippen LogP contribution in [0.25, 0.3) is 0 Å². The maximum atomic E-state index is 12.7. The van der Waals surface area contributed by atoms with Gasteiger partial charge in [0, 0.05) is 12.5 Å². The number of carboxylic acids is 1. The zero-order valence-electron chi connectivity index (χ0n) is 19.3. The Kier molecular flexibility index (Phi) is 11.3. The van der Waals surface area contributed by atoms with Gasteiger partial charge in [-0.25, -0.2) is 9.59 Å². The van der Waals surface area contributed by atoms with Gasteiger partial charge in [0.2, 0.25) is 11.8 Å². The zero-order chi connectivity index (χ0) is 23.4. The fourth-order valence-electron chi connectivity index (χ4n) is 3.54. The van der Waals surface area contributed by atoms with E-state index in [9.17, 15) is 24.3 Å². The van der Waals surface area contributed by atoms with Crippen molar-refractivity contribution < 1.29 is 29.0 Å². The van der Waals surface area contributed by atoms with Crippen LogP contribution in [0.3, 0.4) is 0 Å². The number of unbranched alkanes of at least 4 members (excludes halogenated alkanes) is 1. The Labute approximate surface area is 185 Å². The highest BCUT2D eigenvalue weighted by molar-refractivity contribution is 5.91. The number of alkyl carbamates (subject to hydrolysis) is 1. The third-order valence-corrected chi connectivity index (χ3v) is 5.14. The van der Waals surface area contributed by atoms with Gasteiger partial charge in [0.15, 0.2) is 0 Å². The minimum atomic E-state index is -1.09. The Hall–Kier alpha value is -2.32. The van der Waals surface area contributed by atoms with Gasteiger partial charge in [-0.3, -0.25) is 9.59 Å².